The predicted molar refractivity (Wildman–Crippen MR) is 145 cm³/mol. The van der Waals surface area contributed by atoms with Crippen LogP contribution in [0, 0.1) is 5.92 Å². The Balaban J connectivity index is 1.66. The molecule has 1 aliphatic carbocycles. The van der Waals surface area contributed by atoms with Gasteiger partial charge >= 0.3 is 12.0 Å². The monoisotopic (exact) mass is 508 g/mol. The molecule has 2 atom stereocenters. The van der Waals surface area contributed by atoms with Crippen LogP contribution in [0.15, 0.2) is 54.6 Å². The Morgan fingerprint density at radius 2 is 1.57 bits per heavy atom. The number of hydrogen-bond donors (Lipinski definition) is 5. The maximum absolute atomic E-state index is 13.3. The summed E-state index contributed by atoms with van der Waals surface area (Å²) in [4.78, 5) is 37.7. The number of benzene rings is 2. The molecule has 2 aromatic carbocycles. The molecule has 0 saturated heterocycles. The van der Waals surface area contributed by atoms with Crippen LogP contribution in [0.5, 0.6) is 0 Å². The zero-order valence-corrected chi connectivity index (χ0v) is 21.5. The van der Waals surface area contributed by atoms with Gasteiger partial charge in [-0.25, -0.2) is 9.59 Å². The van der Waals surface area contributed by atoms with Gasteiger partial charge in [0.15, 0.2) is 0 Å². The number of carboxylic acid groups (broad SMARTS) is 1. The van der Waals surface area contributed by atoms with Gasteiger partial charge in [-0.3, -0.25) is 4.79 Å². The van der Waals surface area contributed by atoms with Gasteiger partial charge in [0.25, 0.3) is 0 Å². The van der Waals surface area contributed by atoms with Crippen molar-refractivity contribution in [2.45, 2.75) is 76.4 Å². The van der Waals surface area contributed by atoms with E-state index in [0.29, 0.717) is 38.3 Å². The second-order valence-corrected chi connectivity index (χ2v) is 9.83. The fourth-order valence-corrected chi connectivity index (χ4v) is 4.98. The van der Waals surface area contributed by atoms with E-state index in [4.69, 9.17) is 5.73 Å². The van der Waals surface area contributed by atoms with Crippen LogP contribution >= 0.6 is 0 Å². The highest BCUT2D eigenvalue weighted by molar-refractivity contribution is 5.89. The molecule has 0 aromatic heterocycles. The Labute approximate surface area is 219 Å². The number of hydrogen-bond acceptors (Lipinski definition) is 4. The van der Waals surface area contributed by atoms with Crippen molar-refractivity contribution >= 4 is 17.9 Å². The van der Waals surface area contributed by atoms with E-state index in [9.17, 15) is 19.5 Å². The van der Waals surface area contributed by atoms with Gasteiger partial charge < -0.3 is 26.8 Å². The molecule has 0 radical (unpaired) electrons. The molecule has 8 nitrogen and oxygen atoms in total. The van der Waals surface area contributed by atoms with Gasteiger partial charge in [0, 0.05) is 6.54 Å². The van der Waals surface area contributed by atoms with Crippen molar-refractivity contribution < 1.29 is 19.5 Å². The number of rotatable bonds is 13. The lowest BCUT2D eigenvalue weighted by molar-refractivity contribution is -0.139. The summed E-state index contributed by atoms with van der Waals surface area (Å²) in [6.07, 6.45) is 7.60. The van der Waals surface area contributed by atoms with Crippen molar-refractivity contribution in [2.24, 2.45) is 11.7 Å². The first-order chi connectivity index (χ1) is 18.0. The molecular formula is C29H40N4O4. The molecule has 1 aliphatic rings. The smallest absolute Gasteiger partial charge is 0.326 e. The zero-order chi connectivity index (χ0) is 26.5. The van der Waals surface area contributed by atoms with Crippen LogP contribution in [-0.2, 0) is 16.1 Å². The minimum absolute atomic E-state index is 0.265. The van der Waals surface area contributed by atoms with E-state index < -0.39 is 24.1 Å². The molecule has 1 fully saturated rings. The zero-order valence-electron chi connectivity index (χ0n) is 21.5. The molecule has 0 heterocycles. The van der Waals surface area contributed by atoms with Gasteiger partial charge in [-0.1, -0.05) is 86.7 Å². The maximum Gasteiger partial charge on any atom is 0.326 e. The third kappa shape index (κ3) is 9.21. The molecule has 1 unspecified atom stereocenters. The van der Waals surface area contributed by atoms with Crippen LogP contribution in [0.3, 0.4) is 0 Å². The first-order valence-corrected chi connectivity index (χ1v) is 13.4. The second kappa shape index (κ2) is 15.0. The van der Waals surface area contributed by atoms with Crippen LogP contribution in [0.1, 0.15) is 63.4 Å². The summed E-state index contributed by atoms with van der Waals surface area (Å²) >= 11 is 0. The standard InChI is InChI=1S/C29H40N4O4/c30-18-10-9-17-25(28(35)36)32-29(37)33-26(19-21-11-3-1-4-12-21)27(34)31-20-23-15-7-8-16-24(23)22-13-5-2-6-14-22/h2,5-8,13-16,21,25-26H,1,3-4,9-12,17-20,30H2,(H,31,34)(H,35,36)(H2,32,33,37)/t25?,26-/m1/s1. The van der Waals surface area contributed by atoms with Crippen LogP contribution in [0.4, 0.5) is 4.79 Å². The summed E-state index contributed by atoms with van der Waals surface area (Å²) in [7, 11) is 0. The second-order valence-electron chi connectivity index (χ2n) is 9.83. The summed E-state index contributed by atoms with van der Waals surface area (Å²) in [5.41, 5.74) is 8.59. The van der Waals surface area contributed by atoms with Crippen LogP contribution < -0.4 is 21.7 Å². The van der Waals surface area contributed by atoms with Gasteiger partial charge in [0.2, 0.25) is 5.91 Å². The van der Waals surface area contributed by atoms with E-state index in [2.05, 4.69) is 16.0 Å². The summed E-state index contributed by atoms with van der Waals surface area (Å²) in [6.45, 7) is 0.792. The first kappa shape index (κ1) is 28.2. The van der Waals surface area contributed by atoms with Gasteiger partial charge in [0.05, 0.1) is 0 Å². The fraction of sp³-hybridized carbons (Fsp3) is 0.483. The highest BCUT2D eigenvalue weighted by Gasteiger charge is 2.28. The molecule has 0 bridgehead atoms. The minimum Gasteiger partial charge on any atom is -0.480 e. The number of unbranched alkanes of at least 4 members (excludes halogenated alkanes) is 1. The maximum atomic E-state index is 13.3. The molecule has 0 aliphatic heterocycles. The molecule has 37 heavy (non-hydrogen) atoms. The summed E-state index contributed by atoms with van der Waals surface area (Å²) in [6, 6.07) is 15.5. The van der Waals surface area contributed by atoms with E-state index >= 15 is 0 Å². The lowest BCUT2D eigenvalue weighted by atomic mass is 9.84. The lowest BCUT2D eigenvalue weighted by Crippen LogP contribution is -2.53. The van der Waals surface area contributed by atoms with E-state index in [0.717, 1.165) is 42.4 Å². The number of amides is 3. The Morgan fingerprint density at radius 3 is 2.27 bits per heavy atom. The molecule has 2 aromatic rings. The van der Waals surface area contributed by atoms with Gasteiger partial charge in [-0.2, -0.15) is 0 Å². The Morgan fingerprint density at radius 1 is 0.892 bits per heavy atom. The number of aliphatic carboxylic acids is 1. The summed E-state index contributed by atoms with van der Waals surface area (Å²) in [5.74, 6) is -1.02. The molecular weight excluding hydrogens is 468 g/mol. The third-order valence-electron chi connectivity index (χ3n) is 7.02. The Kier molecular flexibility index (Phi) is 11.4. The van der Waals surface area contributed by atoms with Gasteiger partial charge in [-0.05, 0) is 54.8 Å². The van der Waals surface area contributed by atoms with E-state index in [1.54, 1.807) is 0 Å². The number of nitrogens with two attached hydrogens (primary N) is 1. The van der Waals surface area contributed by atoms with E-state index in [1.165, 1.54) is 6.42 Å². The number of carboxylic acids is 1. The largest absolute Gasteiger partial charge is 0.480 e. The average molecular weight is 509 g/mol. The van der Waals surface area contributed by atoms with Crippen molar-refractivity contribution in [3.05, 3.63) is 60.2 Å². The molecule has 3 amide bonds. The highest BCUT2D eigenvalue weighted by atomic mass is 16.4. The molecule has 200 valence electrons. The van der Waals surface area contributed by atoms with Gasteiger partial charge in [0.1, 0.15) is 12.1 Å². The molecule has 6 N–H and O–H groups in total. The van der Waals surface area contributed by atoms with E-state index in [-0.39, 0.29) is 12.3 Å². The van der Waals surface area contributed by atoms with Crippen molar-refractivity contribution in [1.29, 1.82) is 0 Å². The lowest BCUT2D eigenvalue weighted by Gasteiger charge is -2.27. The number of carbonyl (C=O) groups excluding carboxylic acids is 2. The Bertz CT molecular complexity index is 1010. The molecule has 0 spiro atoms. The Hall–Kier alpha value is -3.39. The first-order valence-electron chi connectivity index (χ1n) is 13.4. The van der Waals surface area contributed by atoms with E-state index in [1.807, 2.05) is 54.6 Å². The van der Waals surface area contributed by atoms with Crippen molar-refractivity contribution in [2.75, 3.05) is 6.54 Å². The SMILES string of the molecule is NCCCCC(NC(=O)N[C@H](CC1CCCCC1)C(=O)NCc1ccccc1-c1ccccc1)C(=O)O. The summed E-state index contributed by atoms with van der Waals surface area (Å²) in [5, 5.41) is 17.8. The average Bonchev–Trinajstić information content (AvgIpc) is 2.92. The van der Waals surface area contributed by atoms with Crippen molar-refractivity contribution in [3.8, 4) is 11.1 Å². The fourth-order valence-electron chi connectivity index (χ4n) is 4.98. The number of nitrogens with one attached hydrogen (secondary N) is 3. The normalized spacial score (nSPS) is 15.4. The highest BCUT2D eigenvalue weighted by Crippen LogP contribution is 2.28. The molecule has 3 rings (SSSR count). The number of carbonyl (C=O) groups is 3. The quantitative estimate of drug-likeness (QED) is 0.259. The topological polar surface area (TPSA) is 134 Å². The minimum atomic E-state index is -1.10. The van der Waals surface area contributed by atoms with Crippen molar-refractivity contribution in [3.63, 3.8) is 0 Å². The number of urea groups is 1. The van der Waals surface area contributed by atoms with Crippen LogP contribution in [-0.4, -0.2) is 41.6 Å². The predicted octanol–water partition coefficient (Wildman–Crippen LogP) is 4.19. The van der Waals surface area contributed by atoms with Crippen molar-refractivity contribution in [1.82, 2.24) is 16.0 Å². The van der Waals surface area contributed by atoms with Crippen LogP contribution in [0.2, 0.25) is 0 Å². The third-order valence-corrected chi connectivity index (χ3v) is 7.02. The molecule has 1 saturated carbocycles. The summed E-state index contributed by atoms with van der Waals surface area (Å²) < 4.78 is 0. The van der Waals surface area contributed by atoms with Gasteiger partial charge in [-0.15, -0.1) is 0 Å². The van der Waals surface area contributed by atoms with Crippen LogP contribution in [0.25, 0.3) is 11.1 Å². The molecule has 8 heteroatoms.